The minimum absolute atomic E-state index is 0.0209. The van der Waals surface area contributed by atoms with Crippen LogP contribution in [0.5, 0.6) is 0 Å². The summed E-state index contributed by atoms with van der Waals surface area (Å²) in [6, 6.07) is -0.153. The molecule has 12 heteroatoms. The summed E-state index contributed by atoms with van der Waals surface area (Å²) in [4.78, 5) is 11.8. The minimum Gasteiger partial charge on any atom is -0.480 e. The van der Waals surface area contributed by atoms with Gasteiger partial charge in [-0.15, -0.1) is 0 Å². The first-order chi connectivity index (χ1) is 13.1. The number of hydrogen-bond acceptors (Lipinski definition) is 7. The molecule has 0 aliphatic carbocycles. The van der Waals surface area contributed by atoms with Crippen LogP contribution in [0.3, 0.4) is 0 Å². The molecule has 2 heterocycles. The van der Waals surface area contributed by atoms with Crippen molar-refractivity contribution >= 4 is 23.3 Å². The highest BCUT2D eigenvalue weighted by molar-refractivity contribution is 7.86. The molecule has 2 saturated heterocycles. The molecule has 2 rings (SSSR count). The van der Waals surface area contributed by atoms with E-state index in [4.69, 9.17) is 15.8 Å². The highest BCUT2D eigenvalue weighted by Crippen LogP contribution is 2.33. The molecule has 2 aliphatic rings. The van der Waals surface area contributed by atoms with E-state index in [1.165, 1.54) is 8.61 Å². The molecule has 0 saturated carbocycles. The summed E-state index contributed by atoms with van der Waals surface area (Å²) in [6.07, 6.45) is 3.08. The predicted molar refractivity (Wildman–Crippen MR) is 106 cm³/mol. The number of nitrogens with zero attached hydrogens (tertiary/aromatic N) is 2. The van der Waals surface area contributed by atoms with Crippen LogP contribution in [0, 0.1) is 5.92 Å². The van der Waals surface area contributed by atoms with E-state index in [9.17, 15) is 18.3 Å². The van der Waals surface area contributed by atoms with Gasteiger partial charge >= 0.3 is 13.1 Å². The SMILES string of the molecule is CCCN([C@@H]1CCCNC1)S(=O)(=O)N1C[C@H](CCCB(O)O)[C@](N)(C(=O)O)C1. The van der Waals surface area contributed by atoms with E-state index in [0.717, 1.165) is 19.4 Å². The molecule has 2 aliphatic heterocycles. The fourth-order valence-electron chi connectivity index (χ4n) is 4.14. The van der Waals surface area contributed by atoms with Crippen LogP contribution in [0.4, 0.5) is 0 Å². The van der Waals surface area contributed by atoms with Crippen LogP contribution < -0.4 is 11.1 Å². The van der Waals surface area contributed by atoms with Crippen LogP contribution in [0.1, 0.15) is 39.0 Å². The number of carbonyl (C=O) groups is 1. The maximum Gasteiger partial charge on any atom is 0.451 e. The van der Waals surface area contributed by atoms with E-state index in [1.54, 1.807) is 0 Å². The van der Waals surface area contributed by atoms with Crippen LogP contribution >= 0.6 is 0 Å². The van der Waals surface area contributed by atoms with Crippen LogP contribution in [-0.2, 0) is 15.0 Å². The van der Waals surface area contributed by atoms with Gasteiger partial charge in [0.2, 0.25) is 0 Å². The molecule has 3 atom stereocenters. The Kier molecular flexibility index (Phi) is 8.26. The van der Waals surface area contributed by atoms with Gasteiger partial charge in [0, 0.05) is 38.1 Å². The highest BCUT2D eigenvalue weighted by Gasteiger charge is 2.53. The minimum atomic E-state index is -3.86. The van der Waals surface area contributed by atoms with Gasteiger partial charge in [0.1, 0.15) is 5.54 Å². The first kappa shape index (κ1) is 23.5. The zero-order valence-corrected chi connectivity index (χ0v) is 17.3. The van der Waals surface area contributed by atoms with Crippen LogP contribution in [0.2, 0.25) is 6.32 Å². The van der Waals surface area contributed by atoms with Crippen molar-refractivity contribution in [3.05, 3.63) is 0 Å². The molecule has 0 unspecified atom stereocenters. The monoisotopic (exact) mass is 420 g/mol. The first-order valence-electron chi connectivity index (χ1n) is 9.99. The number of carboxylic acid groups (broad SMARTS) is 1. The van der Waals surface area contributed by atoms with Crippen molar-refractivity contribution in [3.8, 4) is 0 Å². The Labute approximate surface area is 167 Å². The Bertz CT molecular complexity index is 631. The molecule has 28 heavy (non-hydrogen) atoms. The zero-order chi connectivity index (χ0) is 20.9. The topological polar surface area (TPSA) is 156 Å². The second-order valence-electron chi connectivity index (χ2n) is 7.87. The van der Waals surface area contributed by atoms with Gasteiger partial charge in [0.05, 0.1) is 0 Å². The summed E-state index contributed by atoms with van der Waals surface area (Å²) in [7, 11) is -5.33. The third-order valence-electron chi connectivity index (χ3n) is 5.75. The number of carboxylic acids is 1. The molecule has 0 bridgehead atoms. The van der Waals surface area contributed by atoms with Gasteiger partial charge in [0.15, 0.2) is 0 Å². The first-order valence-corrected chi connectivity index (χ1v) is 11.4. The lowest BCUT2D eigenvalue weighted by molar-refractivity contribution is -0.144. The second-order valence-corrected chi connectivity index (χ2v) is 9.75. The van der Waals surface area contributed by atoms with Crippen molar-refractivity contribution in [1.82, 2.24) is 13.9 Å². The number of nitrogens with two attached hydrogens (primary N) is 1. The fraction of sp³-hybridized carbons (Fsp3) is 0.938. The van der Waals surface area contributed by atoms with Crippen molar-refractivity contribution in [2.75, 3.05) is 32.7 Å². The Morgan fingerprint density at radius 2 is 2.14 bits per heavy atom. The summed E-state index contributed by atoms with van der Waals surface area (Å²) in [6.45, 7) is 3.47. The standard InChI is InChI=1S/C16H33BN4O6S/c1-2-9-21(14-6-4-8-19-10-14)28(26,27)20-11-13(5-3-7-17(24)25)16(18,12-20)15(22)23/h13-14,19,24-25H,2-12,18H2,1H3,(H,22,23)/t13-,14+,16-/m0/s1. The maximum atomic E-state index is 13.4. The van der Waals surface area contributed by atoms with E-state index in [1.807, 2.05) is 6.92 Å². The van der Waals surface area contributed by atoms with Crippen LogP contribution in [-0.4, -0.2) is 89.6 Å². The smallest absolute Gasteiger partial charge is 0.451 e. The van der Waals surface area contributed by atoms with Gasteiger partial charge in [0.25, 0.3) is 10.2 Å². The van der Waals surface area contributed by atoms with Crippen molar-refractivity contribution in [2.24, 2.45) is 11.7 Å². The molecule has 2 fully saturated rings. The number of aliphatic carboxylic acids is 1. The Morgan fingerprint density at radius 3 is 2.68 bits per heavy atom. The molecular weight excluding hydrogens is 387 g/mol. The van der Waals surface area contributed by atoms with Gasteiger partial charge in [-0.2, -0.15) is 17.0 Å². The molecule has 0 aromatic rings. The average Bonchev–Trinajstić information content (AvgIpc) is 2.99. The average molecular weight is 420 g/mol. The zero-order valence-electron chi connectivity index (χ0n) is 16.5. The molecule has 162 valence electrons. The number of piperidine rings is 1. The van der Waals surface area contributed by atoms with Crippen molar-refractivity contribution < 1.29 is 28.4 Å². The number of rotatable bonds is 10. The van der Waals surface area contributed by atoms with Gasteiger partial charge in [-0.3, -0.25) is 4.79 Å². The lowest BCUT2D eigenvalue weighted by Crippen LogP contribution is -2.57. The molecule has 0 aromatic carbocycles. The summed E-state index contributed by atoms with van der Waals surface area (Å²) in [5.74, 6) is -1.83. The summed E-state index contributed by atoms with van der Waals surface area (Å²) in [5.41, 5.74) is 4.46. The Balaban J connectivity index is 2.19. The largest absolute Gasteiger partial charge is 0.480 e. The molecule has 10 nitrogen and oxygen atoms in total. The predicted octanol–water partition coefficient (Wildman–Crippen LogP) is -1.34. The molecular formula is C16H33BN4O6S. The molecule has 0 aromatic heterocycles. The Morgan fingerprint density at radius 1 is 1.43 bits per heavy atom. The number of hydrogen-bond donors (Lipinski definition) is 5. The Hall–Kier alpha value is -0.755. The maximum absolute atomic E-state index is 13.4. The van der Waals surface area contributed by atoms with Crippen molar-refractivity contribution in [2.45, 2.75) is 56.9 Å². The molecule has 0 amide bonds. The molecule has 0 radical (unpaired) electrons. The summed E-state index contributed by atoms with van der Waals surface area (Å²) < 4.78 is 29.4. The number of nitrogens with one attached hydrogen (secondary N) is 1. The molecule has 0 spiro atoms. The highest BCUT2D eigenvalue weighted by atomic mass is 32.2. The van der Waals surface area contributed by atoms with Crippen molar-refractivity contribution in [3.63, 3.8) is 0 Å². The second kappa shape index (κ2) is 9.83. The lowest BCUT2D eigenvalue weighted by Gasteiger charge is -2.36. The van der Waals surface area contributed by atoms with E-state index in [0.29, 0.717) is 32.4 Å². The third kappa shape index (κ3) is 5.23. The van der Waals surface area contributed by atoms with E-state index in [2.05, 4.69) is 5.32 Å². The van der Waals surface area contributed by atoms with Gasteiger partial charge in [-0.25, -0.2) is 0 Å². The van der Waals surface area contributed by atoms with E-state index in [-0.39, 0.29) is 25.5 Å². The summed E-state index contributed by atoms with van der Waals surface area (Å²) >= 11 is 0. The quantitative estimate of drug-likeness (QED) is 0.272. The van der Waals surface area contributed by atoms with Gasteiger partial charge < -0.3 is 26.2 Å². The van der Waals surface area contributed by atoms with E-state index < -0.39 is 34.8 Å². The lowest BCUT2D eigenvalue weighted by atomic mass is 9.78. The normalized spacial score (nSPS) is 29.3. The van der Waals surface area contributed by atoms with Crippen LogP contribution in [0.25, 0.3) is 0 Å². The fourth-order valence-corrected chi connectivity index (χ4v) is 6.15. The third-order valence-corrected chi connectivity index (χ3v) is 7.75. The van der Waals surface area contributed by atoms with E-state index >= 15 is 0 Å². The molecule has 6 N–H and O–H groups in total. The van der Waals surface area contributed by atoms with Gasteiger partial charge in [-0.1, -0.05) is 13.3 Å². The van der Waals surface area contributed by atoms with Crippen molar-refractivity contribution in [1.29, 1.82) is 0 Å². The summed E-state index contributed by atoms with van der Waals surface area (Å²) in [5, 5.41) is 30.9. The van der Waals surface area contributed by atoms with Gasteiger partial charge in [-0.05, 0) is 38.5 Å². The van der Waals surface area contributed by atoms with Crippen LogP contribution in [0.15, 0.2) is 0 Å².